The average Bonchev–Trinajstić information content (AvgIpc) is 3.02. The summed E-state index contributed by atoms with van der Waals surface area (Å²) >= 11 is 0. The first-order valence-corrected chi connectivity index (χ1v) is 6.47. The van der Waals surface area contributed by atoms with Crippen molar-refractivity contribution in [1.29, 1.82) is 0 Å². The van der Waals surface area contributed by atoms with E-state index in [1.165, 1.54) is 0 Å². The van der Waals surface area contributed by atoms with Gasteiger partial charge in [0.1, 0.15) is 0 Å². The normalized spacial score (nSPS) is 11.1. The Morgan fingerprint density at radius 3 is 2.81 bits per heavy atom. The number of aliphatic imine (C=N–C) groups is 1. The molecule has 0 aliphatic rings. The van der Waals surface area contributed by atoms with Gasteiger partial charge in [0, 0.05) is 19.8 Å². The minimum absolute atomic E-state index is 0. The van der Waals surface area contributed by atoms with E-state index in [0.717, 1.165) is 12.2 Å². The molecule has 0 aromatic carbocycles. The first kappa shape index (κ1) is 17.4. The third-order valence-electron chi connectivity index (χ3n) is 2.64. The van der Waals surface area contributed by atoms with Gasteiger partial charge in [-0.25, -0.2) is 4.99 Å². The number of nitrogens with one attached hydrogen (secondary N) is 2. The number of guanidine groups is 1. The summed E-state index contributed by atoms with van der Waals surface area (Å²) in [6.45, 7) is 5.57. The molecule has 0 spiro atoms. The third kappa shape index (κ3) is 5.33. The lowest BCUT2D eigenvalue weighted by atomic mass is 10.4. The van der Waals surface area contributed by atoms with E-state index in [9.17, 15) is 0 Å². The summed E-state index contributed by atoms with van der Waals surface area (Å²) < 4.78 is 6.84. The highest BCUT2D eigenvalue weighted by atomic mass is 127. The van der Waals surface area contributed by atoms with Crippen LogP contribution in [-0.4, -0.2) is 32.4 Å². The topological polar surface area (TPSA) is 93.2 Å². The number of rotatable bonds is 5. The number of nitrogens with zero attached hydrogens (tertiary/aromatic N) is 5. The zero-order chi connectivity index (χ0) is 14.4. The molecule has 116 valence electrons. The van der Waals surface area contributed by atoms with Gasteiger partial charge in [0.25, 0.3) is 0 Å². The number of aromatic nitrogens is 4. The van der Waals surface area contributed by atoms with Crippen LogP contribution < -0.4 is 10.6 Å². The van der Waals surface area contributed by atoms with E-state index in [1.807, 2.05) is 20.0 Å². The van der Waals surface area contributed by atoms with Crippen molar-refractivity contribution >= 4 is 29.9 Å². The van der Waals surface area contributed by atoms with Crippen molar-refractivity contribution < 1.29 is 4.52 Å². The Morgan fingerprint density at radius 2 is 2.24 bits per heavy atom. The van der Waals surface area contributed by atoms with Crippen LogP contribution in [0.2, 0.25) is 0 Å². The molecular formula is C12H20IN7O. The molecule has 8 nitrogen and oxygen atoms in total. The fraction of sp³-hybridized carbons (Fsp3) is 0.500. The second kappa shape index (κ2) is 8.60. The first-order chi connectivity index (χ1) is 9.69. The SMILES string of the molecule is CCNC(=NCc1ccnn1C)NCc1nc(C)no1.I. The molecule has 0 amide bonds. The molecule has 0 bridgehead atoms. The summed E-state index contributed by atoms with van der Waals surface area (Å²) in [7, 11) is 1.90. The lowest BCUT2D eigenvalue weighted by Crippen LogP contribution is -2.36. The van der Waals surface area contributed by atoms with Gasteiger partial charge < -0.3 is 15.2 Å². The van der Waals surface area contributed by atoms with E-state index in [0.29, 0.717) is 30.8 Å². The highest BCUT2D eigenvalue weighted by Crippen LogP contribution is 1.99. The van der Waals surface area contributed by atoms with E-state index < -0.39 is 0 Å². The second-order valence-corrected chi connectivity index (χ2v) is 4.23. The van der Waals surface area contributed by atoms with Crippen LogP contribution in [0.1, 0.15) is 24.3 Å². The van der Waals surface area contributed by atoms with Crippen molar-refractivity contribution in [3.05, 3.63) is 29.7 Å². The number of hydrogen-bond donors (Lipinski definition) is 2. The smallest absolute Gasteiger partial charge is 0.246 e. The van der Waals surface area contributed by atoms with Crippen molar-refractivity contribution in [2.45, 2.75) is 26.9 Å². The van der Waals surface area contributed by atoms with Gasteiger partial charge in [0.05, 0.1) is 18.8 Å². The molecule has 2 heterocycles. The van der Waals surface area contributed by atoms with Gasteiger partial charge in [-0.3, -0.25) is 4.68 Å². The molecule has 2 aromatic heterocycles. The van der Waals surface area contributed by atoms with E-state index in [1.54, 1.807) is 17.8 Å². The maximum Gasteiger partial charge on any atom is 0.246 e. The highest BCUT2D eigenvalue weighted by Gasteiger charge is 2.04. The van der Waals surface area contributed by atoms with E-state index >= 15 is 0 Å². The minimum Gasteiger partial charge on any atom is -0.357 e. The quantitative estimate of drug-likeness (QED) is 0.438. The van der Waals surface area contributed by atoms with Crippen LogP contribution in [0.5, 0.6) is 0 Å². The molecule has 0 fully saturated rings. The summed E-state index contributed by atoms with van der Waals surface area (Å²) in [5, 5.41) is 14.2. The Kier molecular flexibility index (Phi) is 7.12. The highest BCUT2D eigenvalue weighted by molar-refractivity contribution is 14.0. The predicted molar refractivity (Wildman–Crippen MR) is 89.3 cm³/mol. The predicted octanol–water partition coefficient (Wildman–Crippen LogP) is 0.985. The monoisotopic (exact) mass is 405 g/mol. The molecule has 0 aliphatic heterocycles. The molecule has 0 atom stereocenters. The first-order valence-electron chi connectivity index (χ1n) is 6.47. The molecule has 0 radical (unpaired) electrons. The summed E-state index contributed by atoms with van der Waals surface area (Å²) in [4.78, 5) is 8.61. The van der Waals surface area contributed by atoms with E-state index in [2.05, 4.69) is 30.9 Å². The largest absolute Gasteiger partial charge is 0.357 e. The zero-order valence-electron chi connectivity index (χ0n) is 12.3. The van der Waals surface area contributed by atoms with Crippen LogP contribution in [0, 0.1) is 6.92 Å². The Balaban J connectivity index is 0.00000220. The fourth-order valence-electron chi connectivity index (χ4n) is 1.63. The molecule has 0 unspecified atom stereocenters. The Morgan fingerprint density at radius 1 is 1.43 bits per heavy atom. The Hall–Kier alpha value is -1.65. The maximum atomic E-state index is 5.04. The van der Waals surface area contributed by atoms with Crippen molar-refractivity contribution in [3.63, 3.8) is 0 Å². The van der Waals surface area contributed by atoms with Crippen molar-refractivity contribution in [3.8, 4) is 0 Å². The summed E-state index contributed by atoms with van der Waals surface area (Å²) in [5.74, 6) is 1.86. The summed E-state index contributed by atoms with van der Waals surface area (Å²) in [5.41, 5.74) is 1.04. The van der Waals surface area contributed by atoms with Crippen molar-refractivity contribution in [1.82, 2.24) is 30.6 Å². The van der Waals surface area contributed by atoms with E-state index in [-0.39, 0.29) is 24.0 Å². The van der Waals surface area contributed by atoms with Crippen LogP contribution in [-0.2, 0) is 20.1 Å². The van der Waals surface area contributed by atoms with Crippen LogP contribution in [0.3, 0.4) is 0 Å². The summed E-state index contributed by atoms with van der Waals surface area (Å²) in [6.07, 6.45) is 1.76. The Bertz CT molecular complexity index is 578. The van der Waals surface area contributed by atoms with Crippen LogP contribution >= 0.6 is 24.0 Å². The fourth-order valence-corrected chi connectivity index (χ4v) is 1.63. The zero-order valence-corrected chi connectivity index (χ0v) is 14.7. The number of hydrogen-bond acceptors (Lipinski definition) is 5. The van der Waals surface area contributed by atoms with E-state index in [4.69, 9.17) is 4.52 Å². The summed E-state index contributed by atoms with van der Waals surface area (Å²) in [6, 6.07) is 1.94. The molecule has 2 rings (SSSR count). The van der Waals surface area contributed by atoms with Crippen LogP contribution in [0.4, 0.5) is 0 Å². The van der Waals surface area contributed by atoms with Crippen LogP contribution in [0.25, 0.3) is 0 Å². The minimum atomic E-state index is 0. The molecule has 0 aliphatic carbocycles. The van der Waals surface area contributed by atoms with Gasteiger partial charge in [-0.05, 0) is 19.9 Å². The third-order valence-corrected chi connectivity index (χ3v) is 2.64. The molecular weight excluding hydrogens is 385 g/mol. The van der Waals surface area contributed by atoms with Gasteiger partial charge >= 0.3 is 0 Å². The van der Waals surface area contributed by atoms with Crippen molar-refractivity contribution in [2.24, 2.45) is 12.0 Å². The molecule has 0 saturated heterocycles. The standard InChI is InChI=1S/C12H19N7O.HI/c1-4-13-12(14-7-10-5-6-16-19(10)3)15-8-11-17-9(2)18-20-11;/h5-6H,4,7-8H2,1-3H3,(H2,13,14,15);1H. The molecule has 2 N–H and O–H groups in total. The lowest BCUT2D eigenvalue weighted by molar-refractivity contribution is 0.371. The van der Waals surface area contributed by atoms with Crippen molar-refractivity contribution in [2.75, 3.05) is 6.54 Å². The molecule has 21 heavy (non-hydrogen) atoms. The van der Waals surface area contributed by atoms with Crippen LogP contribution in [0.15, 0.2) is 21.8 Å². The van der Waals surface area contributed by atoms with Gasteiger partial charge in [-0.2, -0.15) is 10.1 Å². The van der Waals surface area contributed by atoms with Gasteiger partial charge in [0.2, 0.25) is 5.89 Å². The molecule has 0 saturated carbocycles. The van der Waals surface area contributed by atoms with Gasteiger partial charge in [-0.15, -0.1) is 24.0 Å². The second-order valence-electron chi connectivity index (χ2n) is 4.23. The molecule has 9 heteroatoms. The number of aryl methyl sites for hydroxylation is 2. The average molecular weight is 405 g/mol. The van der Waals surface area contributed by atoms with Gasteiger partial charge in [-0.1, -0.05) is 5.16 Å². The molecule has 2 aromatic rings. The lowest BCUT2D eigenvalue weighted by Gasteiger charge is -2.09. The Labute approximate surface area is 140 Å². The van der Waals surface area contributed by atoms with Gasteiger partial charge in [0.15, 0.2) is 11.8 Å². The number of halogens is 1. The maximum absolute atomic E-state index is 5.04.